The van der Waals surface area contributed by atoms with Crippen LogP contribution in [0.25, 0.3) is 17.2 Å². The van der Waals surface area contributed by atoms with Gasteiger partial charge in [-0.2, -0.15) is 22.0 Å². The van der Waals surface area contributed by atoms with Gasteiger partial charge in [-0.1, -0.05) is 36.4 Å². The van der Waals surface area contributed by atoms with Gasteiger partial charge in [-0.25, -0.2) is 0 Å². The summed E-state index contributed by atoms with van der Waals surface area (Å²) in [7, 11) is 0. The number of rotatable bonds is 2. The molecule has 0 aromatic heterocycles. The number of alkyl halides is 3. The summed E-state index contributed by atoms with van der Waals surface area (Å²) < 4.78 is 62.1. The topological polar surface area (TPSA) is 0 Å². The molecule has 0 heterocycles. The maximum atomic E-state index is 12.5. The molecule has 0 N–H and O–H groups in total. The molecule has 0 bridgehead atoms. The quantitative estimate of drug-likeness (QED) is 0.629. The molecule has 0 saturated heterocycles. The summed E-state index contributed by atoms with van der Waals surface area (Å²) in [4.78, 5) is 0. The fraction of sp³-hybridized carbons (Fsp3) is 0.0667. The van der Waals surface area contributed by atoms with Crippen molar-refractivity contribution in [3.63, 3.8) is 0 Å². The molecule has 0 aliphatic rings. The zero-order valence-corrected chi connectivity index (χ0v) is 10.1. The van der Waals surface area contributed by atoms with Crippen LogP contribution in [0.3, 0.4) is 0 Å². The van der Waals surface area contributed by atoms with Crippen molar-refractivity contribution >= 4 is 6.08 Å². The predicted octanol–water partition coefficient (Wildman–Crippen LogP) is 5.61. The Hall–Kier alpha value is -2.17. The number of benzene rings is 2. The Morgan fingerprint density at radius 3 is 2.00 bits per heavy atom. The molecule has 2 aromatic carbocycles. The Morgan fingerprint density at radius 2 is 1.45 bits per heavy atom. The van der Waals surface area contributed by atoms with E-state index in [4.69, 9.17) is 0 Å². The summed E-state index contributed by atoms with van der Waals surface area (Å²) in [5, 5.41) is 0. The molecule has 0 amide bonds. The van der Waals surface area contributed by atoms with Crippen LogP contribution in [0.1, 0.15) is 11.1 Å². The minimum Gasteiger partial charge on any atom is -0.173 e. The molecule has 0 aliphatic heterocycles. The molecule has 0 fully saturated rings. The van der Waals surface area contributed by atoms with Crippen LogP contribution in [0, 0.1) is 0 Å². The molecular formula is C15H9F5. The van der Waals surface area contributed by atoms with Gasteiger partial charge in [-0.15, -0.1) is 0 Å². The highest BCUT2D eigenvalue weighted by molar-refractivity contribution is 5.75. The van der Waals surface area contributed by atoms with Crippen LogP contribution >= 0.6 is 0 Å². The Labute approximate surface area is 112 Å². The normalized spacial score (nSPS) is 11.2. The lowest BCUT2D eigenvalue weighted by Crippen LogP contribution is -2.04. The van der Waals surface area contributed by atoms with E-state index in [0.29, 0.717) is 17.2 Å². The minimum absolute atomic E-state index is 0.257. The summed E-state index contributed by atoms with van der Waals surface area (Å²) in [6.07, 6.45) is -5.58. The van der Waals surface area contributed by atoms with E-state index in [9.17, 15) is 22.0 Å². The third-order valence-corrected chi connectivity index (χ3v) is 2.75. The molecule has 0 spiro atoms. The van der Waals surface area contributed by atoms with Crippen LogP contribution in [0.5, 0.6) is 0 Å². The molecule has 0 saturated carbocycles. The van der Waals surface area contributed by atoms with Gasteiger partial charge in [-0.3, -0.25) is 0 Å². The Bertz CT molecular complexity index is 619. The second kappa shape index (κ2) is 5.45. The lowest BCUT2D eigenvalue weighted by Gasteiger charge is -2.09. The van der Waals surface area contributed by atoms with Gasteiger partial charge in [0.05, 0.1) is 5.56 Å². The van der Waals surface area contributed by atoms with Crippen LogP contribution in [0.15, 0.2) is 54.6 Å². The lowest BCUT2D eigenvalue weighted by atomic mass is 9.98. The minimum atomic E-state index is -4.41. The van der Waals surface area contributed by atoms with Gasteiger partial charge in [0.1, 0.15) is 0 Å². The molecule has 0 atom stereocenters. The highest BCUT2D eigenvalue weighted by atomic mass is 19.4. The van der Waals surface area contributed by atoms with E-state index in [1.165, 1.54) is 18.2 Å². The average Bonchev–Trinajstić information content (AvgIpc) is 2.38. The van der Waals surface area contributed by atoms with Gasteiger partial charge in [0.2, 0.25) is 0 Å². The van der Waals surface area contributed by atoms with Crippen LogP contribution in [0.2, 0.25) is 0 Å². The van der Waals surface area contributed by atoms with Crippen molar-refractivity contribution in [1.82, 2.24) is 0 Å². The summed E-state index contributed by atoms with van der Waals surface area (Å²) in [6, 6.07) is 10.7. The molecule has 2 rings (SSSR count). The fourth-order valence-corrected chi connectivity index (χ4v) is 1.84. The molecule has 5 heteroatoms. The molecular weight excluding hydrogens is 275 g/mol. The smallest absolute Gasteiger partial charge is 0.173 e. The van der Waals surface area contributed by atoms with E-state index in [-0.39, 0.29) is 5.56 Å². The van der Waals surface area contributed by atoms with Gasteiger partial charge < -0.3 is 0 Å². The van der Waals surface area contributed by atoms with Crippen molar-refractivity contribution in [3.8, 4) is 11.1 Å². The second-order valence-corrected chi connectivity index (χ2v) is 4.10. The highest BCUT2D eigenvalue weighted by Crippen LogP contribution is 2.32. The summed E-state index contributed by atoms with van der Waals surface area (Å²) in [5.41, 5.74) is 0.387. The fourth-order valence-electron chi connectivity index (χ4n) is 1.84. The van der Waals surface area contributed by atoms with Crippen LogP contribution in [-0.2, 0) is 6.18 Å². The first-order valence-electron chi connectivity index (χ1n) is 5.67. The zero-order chi connectivity index (χ0) is 14.8. The van der Waals surface area contributed by atoms with Gasteiger partial charge in [-0.05, 0) is 28.8 Å². The maximum absolute atomic E-state index is 12.5. The first-order valence-corrected chi connectivity index (χ1v) is 5.67. The third kappa shape index (κ3) is 3.23. The molecule has 0 nitrogen and oxygen atoms in total. The van der Waals surface area contributed by atoms with Crippen molar-refractivity contribution in [2.75, 3.05) is 0 Å². The molecule has 20 heavy (non-hydrogen) atoms. The predicted molar refractivity (Wildman–Crippen MR) is 67.1 cm³/mol. The summed E-state index contributed by atoms with van der Waals surface area (Å²) in [6.45, 7) is 0. The van der Waals surface area contributed by atoms with Crippen molar-refractivity contribution in [1.29, 1.82) is 0 Å². The third-order valence-electron chi connectivity index (χ3n) is 2.75. The van der Waals surface area contributed by atoms with Crippen molar-refractivity contribution < 1.29 is 22.0 Å². The monoisotopic (exact) mass is 284 g/mol. The highest BCUT2D eigenvalue weighted by Gasteiger charge is 2.29. The summed E-state index contributed by atoms with van der Waals surface area (Å²) >= 11 is 0. The van der Waals surface area contributed by atoms with E-state index in [1.807, 2.05) is 0 Å². The van der Waals surface area contributed by atoms with E-state index >= 15 is 0 Å². The van der Waals surface area contributed by atoms with Gasteiger partial charge >= 0.3 is 6.18 Å². The van der Waals surface area contributed by atoms with E-state index in [1.54, 1.807) is 18.2 Å². The van der Waals surface area contributed by atoms with Gasteiger partial charge in [0.15, 0.2) is 0 Å². The largest absolute Gasteiger partial charge is 0.416 e. The number of hydrogen-bond donors (Lipinski definition) is 0. The second-order valence-electron chi connectivity index (χ2n) is 4.10. The Morgan fingerprint density at radius 1 is 0.850 bits per heavy atom. The molecule has 0 unspecified atom stereocenters. The van der Waals surface area contributed by atoms with Crippen LogP contribution < -0.4 is 0 Å². The summed E-state index contributed by atoms with van der Waals surface area (Å²) in [5.74, 6) is 0. The maximum Gasteiger partial charge on any atom is 0.416 e. The number of halogens is 5. The Kier molecular flexibility index (Phi) is 3.88. The van der Waals surface area contributed by atoms with Crippen molar-refractivity contribution in [2.45, 2.75) is 6.18 Å². The van der Waals surface area contributed by atoms with E-state index < -0.39 is 17.8 Å². The van der Waals surface area contributed by atoms with Gasteiger partial charge in [0, 0.05) is 6.08 Å². The molecule has 0 aliphatic carbocycles. The molecule has 0 radical (unpaired) electrons. The van der Waals surface area contributed by atoms with E-state index in [2.05, 4.69) is 0 Å². The lowest BCUT2D eigenvalue weighted by molar-refractivity contribution is -0.137. The van der Waals surface area contributed by atoms with Crippen molar-refractivity contribution in [2.24, 2.45) is 0 Å². The molecule has 2 aromatic rings. The first kappa shape index (κ1) is 14.2. The van der Waals surface area contributed by atoms with Crippen molar-refractivity contribution in [3.05, 3.63) is 65.7 Å². The zero-order valence-electron chi connectivity index (χ0n) is 10.1. The van der Waals surface area contributed by atoms with E-state index in [0.717, 1.165) is 12.1 Å². The SMILES string of the molecule is FC(F)=Cc1ccccc1-c1ccc(C(F)(F)F)cc1. The Balaban J connectivity index is 2.45. The standard InChI is InChI=1S/C15H9F5/c16-14(17)9-11-3-1-2-4-13(11)10-5-7-12(8-6-10)15(18,19)20/h1-9H. The average molecular weight is 284 g/mol. The number of hydrogen-bond acceptors (Lipinski definition) is 0. The molecule has 104 valence electrons. The van der Waals surface area contributed by atoms with Crippen LogP contribution in [0.4, 0.5) is 22.0 Å². The van der Waals surface area contributed by atoms with Gasteiger partial charge in [0.25, 0.3) is 6.08 Å². The first-order chi connectivity index (χ1) is 9.38. The van der Waals surface area contributed by atoms with Crippen LogP contribution in [-0.4, -0.2) is 0 Å².